The van der Waals surface area contributed by atoms with E-state index in [9.17, 15) is 0 Å². The second-order valence-corrected chi connectivity index (χ2v) is 5.44. The fourth-order valence-corrected chi connectivity index (χ4v) is 2.32. The minimum absolute atomic E-state index is 0.719. The first-order valence-electron chi connectivity index (χ1n) is 6.43. The zero-order valence-corrected chi connectivity index (χ0v) is 12.6. The summed E-state index contributed by atoms with van der Waals surface area (Å²) in [6, 6.07) is 15.5. The first kappa shape index (κ1) is 13.9. The second kappa shape index (κ2) is 6.17. The molecular formula is C17H12Cl2N2. The molecule has 3 rings (SSSR count). The smallest absolute Gasteiger partial charge is 0.0986 e. The molecule has 1 aromatic heterocycles. The molecule has 0 saturated carbocycles. The molecule has 0 spiro atoms. The Morgan fingerprint density at radius 2 is 1.38 bits per heavy atom. The molecule has 2 nitrogen and oxygen atoms in total. The molecule has 0 fully saturated rings. The van der Waals surface area contributed by atoms with Gasteiger partial charge in [-0.15, -0.1) is 0 Å². The third-order valence-corrected chi connectivity index (χ3v) is 3.62. The van der Waals surface area contributed by atoms with Gasteiger partial charge in [-0.1, -0.05) is 47.5 Å². The number of halogens is 2. The van der Waals surface area contributed by atoms with Gasteiger partial charge in [0.15, 0.2) is 0 Å². The topological polar surface area (TPSA) is 17.8 Å². The van der Waals surface area contributed by atoms with Crippen molar-refractivity contribution >= 4 is 35.0 Å². The summed E-state index contributed by atoms with van der Waals surface area (Å²) in [6.45, 7) is 0. The Hall–Kier alpha value is -2.03. The SMILES string of the molecule is Clc1ccc(C(=Cn2ccnc2)c2ccc(Cl)cc2)cc1. The van der Waals surface area contributed by atoms with Gasteiger partial charge in [-0.05, 0) is 35.4 Å². The highest BCUT2D eigenvalue weighted by molar-refractivity contribution is 6.31. The van der Waals surface area contributed by atoms with Crippen molar-refractivity contribution in [2.75, 3.05) is 0 Å². The minimum Gasteiger partial charge on any atom is -0.312 e. The zero-order valence-electron chi connectivity index (χ0n) is 11.1. The van der Waals surface area contributed by atoms with E-state index in [2.05, 4.69) is 4.98 Å². The summed E-state index contributed by atoms with van der Waals surface area (Å²) in [5.74, 6) is 0. The molecule has 0 atom stereocenters. The van der Waals surface area contributed by atoms with Crippen LogP contribution in [0.25, 0.3) is 11.8 Å². The van der Waals surface area contributed by atoms with Gasteiger partial charge in [-0.3, -0.25) is 0 Å². The van der Waals surface area contributed by atoms with Gasteiger partial charge in [-0.25, -0.2) is 4.98 Å². The van der Waals surface area contributed by atoms with Crippen LogP contribution in [-0.2, 0) is 0 Å². The monoisotopic (exact) mass is 314 g/mol. The predicted molar refractivity (Wildman–Crippen MR) is 88.4 cm³/mol. The Labute approximate surface area is 133 Å². The van der Waals surface area contributed by atoms with E-state index in [1.807, 2.05) is 65.5 Å². The normalized spacial score (nSPS) is 10.4. The van der Waals surface area contributed by atoms with Crippen molar-refractivity contribution in [2.45, 2.75) is 0 Å². The lowest BCUT2D eigenvalue weighted by molar-refractivity contribution is 1.14. The van der Waals surface area contributed by atoms with E-state index in [0.29, 0.717) is 0 Å². The standard InChI is InChI=1S/C17H12Cl2N2/c18-15-5-1-13(2-6-15)17(11-21-10-9-20-12-21)14-3-7-16(19)8-4-14/h1-12H. The summed E-state index contributed by atoms with van der Waals surface area (Å²) in [7, 11) is 0. The van der Waals surface area contributed by atoms with E-state index in [-0.39, 0.29) is 0 Å². The highest BCUT2D eigenvalue weighted by Gasteiger charge is 2.06. The molecule has 1 heterocycles. The molecule has 2 aromatic carbocycles. The highest BCUT2D eigenvalue weighted by Crippen LogP contribution is 2.26. The molecular weight excluding hydrogens is 303 g/mol. The molecule has 104 valence electrons. The lowest BCUT2D eigenvalue weighted by Crippen LogP contribution is -1.91. The van der Waals surface area contributed by atoms with Crippen molar-refractivity contribution in [1.29, 1.82) is 0 Å². The van der Waals surface area contributed by atoms with Gasteiger partial charge in [-0.2, -0.15) is 0 Å². The molecule has 4 heteroatoms. The number of hydrogen-bond donors (Lipinski definition) is 0. The molecule has 0 bridgehead atoms. The highest BCUT2D eigenvalue weighted by atomic mass is 35.5. The summed E-state index contributed by atoms with van der Waals surface area (Å²) in [5.41, 5.74) is 3.23. The van der Waals surface area contributed by atoms with Gasteiger partial charge in [0.1, 0.15) is 0 Å². The van der Waals surface area contributed by atoms with Crippen LogP contribution in [-0.4, -0.2) is 9.55 Å². The van der Waals surface area contributed by atoms with Crippen LogP contribution in [0.2, 0.25) is 10.0 Å². The molecule has 3 aromatic rings. The van der Waals surface area contributed by atoms with Gasteiger partial charge in [0.05, 0.1) is 6.33 Å². The van der Waals surface area contributed by atoms with Crippen LogP contribution in [0.15, 0.2) is 67.3 Å². The minimum atomic E-state index is 0.719. The van der Waals surface area contributed by atoms with Gasteiger partial charge >= 0.3 is 0 Å². The van der Waals surface area contributed by atoms with E-state index >= 15 is 0 Å². The molecule has 0 radical (unpaired) electrons. The Morgan fingerprint density at radius 1 is 0.857 bits per heavy atom. The summed E-state index contributed by atoms with van der Waals surface area (Å²) in [4.78, 5) is 4.07. The summed E-state index contributed by atoms with van der Waals surface area (Å²) < 4.78 is 1.92. The van der Waals surface area contributed by atoms with Crippen molar-refractivity contribution in [1.82, 2.24) is 9.55 Å². The fraction of sp³-hybridized carbons (Fsp3) is 0. The predicted octanol–water partition coefficient (Wildman–Crippen LogP) is 5.24. The van der Waals surface area contributed by atoms with Crippen molar-refractivity contribution in [3.05, 3.63) is 88.4 Å². The summed E-state index contributed by atoms with van der Waals surface area (Å²) in [6.07, 6.45) is 7.43. The Balaban J connectivity index is 2.10. The number of imidazole rings is 1. The first-order chi connectivity index (χ1) is 10.2. The third kappa shape index (κ3) is 3.35. The Morgan fingerprint density at radius 3 is 1.81 bits per heavy atom. The molecule has 0 amide bonds. The fourth-order valence-electron chi connectivity index (χ4n) is 2.07. The average molecular weight is 315 g/mol. The zero-order chi connectivity index (χ0) is 14.7. The van der Waals surface area contributed by atoms with Crippen LogP contribution in [0.4, 0.5) is 0 Å². The number of nitrogens with zero attached hydrogens (tertiary/aromatic N) is 2. The van der Waals surface area contributed by atoms with E-state index in [4.69, 9.17) is 23.2 Å². The summed E-state index contributed by atoms with van der Waals surface area (Å²) >= 11 is 11.9. The molecule has 0 aliphatic carbocycles. The van der Waals surface area contributed by atoms with E-state index < -0.39 is 0 Å². The van der Waals surface area contributed by atoms with Gasteiger partial charge in [0.25, 0.3) is 0 Å². The van der Waals surface area contributed by atoms with Crippen molar-refractivity contribution in [2.24, 2.45) is 0 Å². The maximum absolute atomic E-state index is 5.97. The Kier molecular flexibility index (Phi) is 4.09. The number of rotatable bonds is 3. The van der Waals surface area contributed by atoms with Crippen LogP contribution in [0.5, 0.6) is 0 Å². The van der Waals surface area contributed by atoms with Gasteiger partial charge in [0.2, 0.25) is 0 Å². The number of aromatic nitrogens is 2. The lowest BCUT2D eigenvalue weighted by Gasteiger charge is -2.09. The van der Waals surface area contributed by atoms with Crippen LogP contribution >= 0.6 is 23.2 Å². The molecule has 0 aliphatic rings. The third-order valence-electron chi connectivity index (χ3n) is 3.11. The first-order valence-corrected chi connectivity index (χ1v) is 7.19. The molecule has 21 heavy (non-hydrogen) atoms. The second-order valence-electron chi connectivity index (χ2n) is 4.57. The quantitative estimate of drug-likeness (QED) is 0.646. The van der Waals surface area contributed by atoms with E-state index in [1.54, 1.807) is 12.5 Å². The molecule has 0 saturated heterocycles. The van der Waals surface area contributed by atoms with Crippen LogP contribution < -0.4 is 0 Å². The van der Waals surface area contributed by atoms with Crippen molar-refractivity contribution in [3.63, 3.8) is 0 Å². The number of hydrogen-bond acceptors (Lipinski definition) is 1. The summed E-state index contributed by atoms with van der Waals surface area (Å²) in [5, 5.41) is 1.44. The molecule has 0 unspecified atom stereocenters. The lowest BCUT2D eigenvalue weighted by atomic mass is 9.99. The van der Waals surface area contributed by atoms with Crippen molar-refractivity contribution in [3.8, 4) is 0 Å². The van der Waals surface area contributed by atoms with Crippen molar-refractivity contribution < 1.29 is 0 Å². The molecule has 0 aliphatic heterocycles. The van der Waals surface area contributed by atoms with E-state index in [1.165, 1.54) is 0 Å². The maximum Gasteiger partial charge on any atom is 0.0986 e. The van der Waals surface area contributed by atoms with Crippen LogP contribution in [0.3, 0.4) is 0 Å². The van der Waals surface area contributed by atoms with Gasteiger partial charge in [0, 0.05) is 34.2 Å². The van der Waals surface area contributed by atoms with E-state index in [0.717, 1.165) is 26.7 Å². The van der Waals surface area contributed by atoms with Crippen LogP contribution in [0, 0.1) is 0 Å². The van der Waals surface area contributed by atoms with Crippen LogP contribution in [0.1, 0.15) is 11.1 Å². The maximum atomic E-state index is 5.97. The largest absolute Gasteiger partial charge is 0.312 e. The number of benzene rings is 2. The van der Waals surface area contributed by atoms with Gasteiger partial charge < -0.3 is 4.57 Å². The Bertz CT molecular complexity index is 695. The molecule has 0 N–H and O–H groups in total. The average Bonchev–Trinajstić information content (AvgIpc) is 3.00.